The van der Waals surface area contributed by atoms with Gasteiger partial charge < -0.3 is 0 Å². The summed E-state index contributed by atoms with van der Waals surface area (Å²) >= 11 is 1.84. The van der Waals surface area contributed by atoms with Crippen molar-refractivity contribution in [1.82, 2.24) is 9.55 Å². The first-order valence-corrected chi connectivity index (χ1v) is 13.5. The third kappa shape index (κ3) is 3.70. The molecule has 0 radical (unpaired) electrons. The molecule has 5 aromatic carbocycles. The van der Waals surface area contributed by atoms with Crippen LogP contribution in [0, 0.1) is 0 Å². The first kappa shape index (κ1) is 22.1. The molecule has 6 aromatic rings. The monoisotopic (exact) mass is 494 g/mol. The zero-order valence-corrected chi connectivity index (χ0v) is 21.7. The van der Waals surface area contributed by atoms with Crippen LogP contribution in [0.3, 0.4) is 0 Å². The van der Waals surface area contributed by atoms with Gasteiger partial charge in [-0.3, -0.25) is 4.57 Å². The van der Waals surface area contributed by atoms with Crippen molar-refractivity contribution in [3.05, 3.63) is 127 Å². The summed E-state index contributed by atoms with van der Waals surface area (Å²) in [5.74, 6) is 0. The Bertz CT molecular complexity index is 1780. The van der Waals surface area contributed by atoms with E-state index in [-0.39, 0.29) is 4.75 Å². The van der Waals surface area contributed by atoms with Crippen molar-refractivity contribution in [2.75, 3.05) is 0 Å². The Morgan fingerprint density at radius 2 is 1.24 bits per heavy atom. The minimum Gasteiger partial charge on any atom is -0.287 e. The van der Waals surface area contributed by atoms with E-state index in [1.54, 1.807) is 0 Å². The standard InChI is InChI=1S/C34H26N2S/c1-34(2)29-20-19-25(22-32(29)36-31-18-9-8-17-30(31)35-33(36)37-34)24-13-10-14-26(21-24)28-16-7-6-15-27(28)23-11-4-3-5-12-23/h3-22H,1-2H3. The molecule has 1 aromatic heterocycles. The molecule has 7 rings (SSSR count). The molecule has 37 heavy (non-hydrogen) atoms. The van der Waals surface area contributed by atoms with Crippen LogP contribution in [-0.2, 0) is 4.75 Å². The number of imidazole rings is 1. The normalized spacial score (nSPS) is 13.8. The number of para-hydroxylation sites is 2. The molecule has 0 saturated heterocycles. The number of rotatable bonds is 3. The van der Waals surface area contributed by atoms with E-state index in [1.165, 1.54) is 44.6 Å². The summed E-state index contributed by atoms with van der Waals surface area (Å²) in [5, 5.41) is 1.06. The topological polar surface area (TPSA) is 17.8 Å². The molecule has 1 aliphatic rings. The summed E-state index contributed by atoms with van der Waals surface area (Å²) < 4.78 is 2.28. The minimum atomic E-state index is -0.0539. The molecule has 2 nitrogen and oxygen atoms in total. The molecule has 0 unspecified atom stereocenters. The molecular weight excluding hydrogens is 468 g/mol. The Morgan fingerprint density at radius 1 is 0.595 bits per heavy atom. The Kier molecular flexibility index (Phi) is 5.09. The second-order valence-corrected chi connectivity index (χ2v) is 11.6. The van der Waals surface area contributed by atoms with E-state index in [1.807, 2.05) is 11.8 Å². The van der Waals surface area contributed by atoms with Crippen LogP contribution in [0.2, 0.25) is 0 Å². The van der Waals surface area contributed by atoms with E-state index < -0.39 is 0 Å². The zero-order valence-electron chi connectivity index (χ0n) is 20.8. The van der Waals surface area contributed by atoms with Crippen molar-refractivity contribution in [3.63, 3.8) is 0 Å². The number of nitrogens with zero attached hydrogens (tertiary/aromatic N) is 2. The third-order valence-electron chi connectivity index (χ3n) is 7.28. The third-order valence-corrected chi connectivity index (χ3v) is 8.47. The van der Waals surface area contributed by atoms with Gasteiger partial charge in [-0.1, -0.05) is 109 Å². The Hall–Kier alpha value is -4.08. The van der Waals surface area contributed by atoms with E-state index in [9.17, 15) is 0 Å². The van der Waals surface area contributed by atoms with Crippen LogP contribution >= 0.6 is 11.8 Å². The number of aromatic nitrogens is 2. The van der Waals surface area contributed by atoms with Gasteiger partial charge in [-0.2, -0.15) is 0 Å². The van der Waals surface area contributed by atoms with Gasteiger partial charge >= 0.3 is 0 Å². The van der Waals surface area contributed by atoms with Crippen molar-refractivity contribution in [3.8, 4) is 39.1 Å². The maximum atomic E-state index is 4.97. The first-order chi connectivity index (χ1) is 18.1. The zero-order chi connectivity index (χ0) is 25.0. The largest absolute Gasteiger partial charge is 0.287 e. The predicted molar refractivity (Wildman–Crippen MR) is 156 cm³/mol. The molecule has 2 heterocycles. The highest BCUT2D eigenvalue weighted by molar-refractivity contribution is 8.00. The highest BCUT2D eigenvalue weighted by Gasteiger charge is 2.34. The van der Waals surface area contributed by atoms with Crippen LogP contribution < -0.4 is 0 Å². The lowest BCUT2D eigenvalue weighted by Crippen LogP contribution is -2.21. The van der Waals surface area contributed by atoms with Gasteiger partial charge in [0.1, 0.15) is 0 Å². The SMILES string of the molecule is CC1(C)Sc2nc3ccccc3n2-c2cc(-c3cccc(-c4ccccc4-c4ccccc4)c3)ccc21. The van der Waals surface area contributed by atoms with Gasteiger partial charge in [0.25, 0.3) is 0 Å². The first-order valence-electron chi connectivity index (χ1n) is 12.7. The van der Waals surface area contributed by atoms with Gasteiger partial charge in [0.05, 0.1) is 16.7 Å². The van der Waals surface area contributed by atoms with Crippen LogP contribution in [-0.4, -0.2) is 9.55 Å². The Labute approximate surface area is 221 Å². The van der Waals surface area contributed by atoms with Gasteiger partial charge in [-0.25, -0.2) is 4.98 Å². The van der Waals surface area contributed by atoms with Crippen LogP contribution in [0.5, 0.6) is 0 Å². The lowest BCUT2D eigenvalue weighted by molar-refractivity contribution is 0.729. The maximum Gasteiger partial charge on any atom is 0.174 e. The van der Waals surface area contributed by atoms with Gasteiger partial charge in [0.2, 0.25) is 0 Å². The number of benzene rings is 5. The Balaban J connectivity index is 1.38. The van der Waals surface area contributed by atoms with Gasteiger partial charge in [-0.15, -0.1) is 0 Å². The summed E-state index contributed by atoms with van der Waals surface area (Å²) in [7, 11) is 0. The summed E-state index contributed by atoms with van der Waals surface area (Å²) in [5.41, 5.74) is 12.1. The molecule has 0 fully saturated rings. The molecule has 0 saturated carbocycles. The Morgan fingerprint density at radius 3 is 2.08 bits per heavy atom. The number of fused-ring (bicyclic) bond motifs is 5. The number of hydrogen-bond acceptors (Lipinski definition) is 2. The van der Waals surface area contributed by atoms with E-state index in [0.717, 1.165) is 16.2 Å². The quantitative estimate of drug-likeness (QED) is 0.244. The molecule has 178 valence electrons. The van der Waals surface area contributed by atoms with E-state index in [0.29, 0.717) is 0 Å². The summed E-state index contributed by atoms with van der Waals surface area (Å²) in [6.07, 6.45) is 0. The lowest BCUT2D eigenvalue weighted by atomic mass is 9.91. The van der Waals surface area contributed by atoms with Gasteiger partial charge in [0, 0.05) is 4.75 Å². The smallest absolute Gasteiger partial charge is 0.174 e. The second kappa shape index (κ2) is 8.50. The van der Waals surface area contributed by atoms with Crippen molar-refractivity contribution >= 4 is 22.8 Å². The second-order valence-electron chi connectivity index (χ2n) is 10.1. The van der Waals surface area contributed by atoms with Crippen molar-refractivity contribution in [2.45, 2.75) is 23.8 Å². The molecule has 0 aliphatic carbocycles. The lowest BCUT2D eigenvalue weighted by Gasteiger charge is -2.32. The van der Waals surface area contributed by atoms with Gasteiger partial charge in [0.15, 0.2) is 5.16 Å². The van der Waals surface area contributed by atoms with Crippen LogP contribution in [0.4, 0.5) is 0 Å². The molecule has 1 aliphatic heterocycles. The molecule has 0 N–H and O–H groups in total. The van der Waals surface area contributed by atoms with E-state index in [4.69, 9.17) is 4.98 Å². The average molecular weight is 495 g/mol. The minimum absolute atomic E-state index is 0.0539. The van der Waals surface area contributed by atoms with Crippen LogP contribution in [0.1, 0.15) is 19.4 Å². The number of hydrogen-bond donors (Lipinski definition) is 0. The molecule has 0 spiro atoms. The van der Waals surface area contributed by atoms with Crippen LogP contribution in [0.15, 0.2) is 126 Å². The molecule has 0 bridgehead atoms. The van der Waals surface area contributed by atoms with Crippen molar-refractivity contribution in [2.24, 2.45) is 0 Å². The fraction of sp³-hybridized carbons (Fsp3) is 0.0882. The summed E-state index contributed by atoms with van der Waals surface area (Å²) in [6, 6.07) is 43.6. The highest BCUT2D eigenvalue weighted by atomic mass is 32.2. The highest BCUT2D eigenvalue weighted by Crippen LogP contribution is 2.49. The molecule has 0 amide bonds. The predicted octanol–water partition coefficient (Wildman–Crippen LogP) is 9.37. The fourth-order valence-electron chi connectivity index (χ4n) is 5.46. The molecule has 0 atom stereocenters. The summed E-state index contributed by atoms with van der Waals surface area (Å²) in [4.78, 5) is 4.97. The summed E-state index contributed by atoms with van der Waals surface area (Å²) in [6.45, 7) is 4.58. The van der Waals surface area contributed by atoms with Crippen molar-refractivity contribution < 1.29 is 0 Å². The van der Waals surface area contributed by atoms with Crippen molar-refractivity contribution in [1.29, 1.82) is 0 Å². The van der Waals surface area contributed by atoms with Crippen LogP contribution in [0.25, 0.3) is 50.1 Å². The van der Waals surface area contributed by atoms with E-state index >= 15 is 0 Å². The molecule has 3 heteroatoms. The van der Waals surface area contributed by atoms with E-state index in [2.05, 4.69) is 140 Å². The fourth-order valence-corrected chi connectivity index (χ4v) is 6.64. The average Bonchev–Trinajstić information content (AvgIpc) is 3.31. The van der Waals surface area contributed by atoms with Gasteiger partial charge in [-0.05, 0) is 77.1 Å². The maximum absolute atomic E-state index is 4.97. The molecular formula is C34H26N2S. The number of thioether (sulfide) groups is 1.